The number of hydrogen-bond acceptors (Lipinski definition) is 6. The van der Waals surface area contributed by atoms with Crippen LogP contribution in [0.1, 0.15) is 24.6 Å². The summed E-state index contributed by atoms with van der Waals surface area (Å²) in [5.41, 5.74) is 8.16. The molecule has 1 fully saturated rings. The summed E-state index contributed by atoms with van der Waals surface area (Å²) in [6.07, 6.45) is 4.15. The normalized spacial score (nSPS) is 23.3. The zero-order chi connectivity index (χ0) is 22.1. The first-order chi connectivity index (χ1) is 14.1. The molecule has 0 spiro atoms. The fourth-order valence-electron chi connectivity index (χ4n) is 3.02. The highest BCUT2D eigenvalue weighted by Crippen LogP contribution is 2.41. The van der Waals surface area contributed by atoms with Gasteiger partial charge in [0, 0.05) is 17.8 Å². The van der Waals surface area contributed by atoms with Gasteiger partial charge >= 0.3 is 13.5 Å². The first-order valence-electron chi connectivity index (χ1n) is 8.69. The van der Waals surface area contributed by atoms with Crippen molar-refractivity contribution >= 4 is 26.6 Å². The lowest BCUT2D eigenvalue weighted by Gasteiger charge is -2.15. The van der Waals surface area contributed by atoms with E-state index < -0.39 is 45.8 Å². The summed E-state index contributed by atoms with van der Waals surface area (Å²) in [7, 11) is -7.00. The molecule has 1 aliphatic carbocycles. The van der Waals surface area contributed by atoms with E-state index in [1.54, 1.807) is 6.08 Å². The molecular formula is C16H18N4O8P2. The first kappa shape index (κ1) is 22.4. The fourth-order valence-corrected chi connectivity index (χ4v) is 4.87. The number of ether oxygens (including phenoxy) is 1. The molecule has 1 aromatic rings. The molecule has 2 heterocycles. The second-order valence-electron chi connectivity index (χ2n) is 6.59. The maximum Gasteiger partial charge on any atom is 0.469 e. The van der Waals surface area contributed by atoms with Crippen LogP contribution < -0.4 is 16.1 Å². The summed E-state index contributed by atoms with van der Waals surface area (Å²) in [5.74, 6) is 0. The highest BCUT2D eigenvalue weighted by Gasteiger charge is 2.40. The lowest BCUT2D eigenvalue weighted by molar-refractivity contribution is -0.151. The first-order valence-corrected chi connectivity index (χ1v) is 11.5. The number of aromatic amines is 1. The van der Waals surface area contributed by atoms with Gasteiger partial charge in [0.2, 0.25) is 0 Å². The van der Waals surface area contributed by atoms with E-state index in [9.17, 15) is 19.0 Å². The van der Waals surface area contributed by atoms with Crippen LogP contribution in [0.5, 0.6) is 0 Å². The van der Waals surface area contributed by atoms with Crippen molar-refractivity contribution < 1.29 is 33.3 Å². The average molecular weight is 456 g/mol. The number of aromatic nitrogens is 2. The van der Waals surface area contributed by atoms with Gasteiger partial charge in [0.15, 0.2) is 0 Å². The molecule has 30 heavy (non-hydrogen) atoms. The van der Waals surface area contributed by atoms with E-state index in [1.165, 1.54) is 25.3 Å². The van der Waals surface area contributed by atoms with E-state index >= 15 is 0 Å². The quantitative estimate of drug-likeness (QED) is 0.305. The van der Waals surface area contributed by atoms with Gasteiger partial charge in [-0.2, -0.15) is 4.79 Å². The van der Waals surface area contributed by atoms with Crippen LogP contribution in [-0.2, 0) is 13.8 Å². The second-order valence-corrected chi connectivity index (χ2v) is 9.51. The van der Waals surface area contributed by atoms with Gasteiger partial charge < -0.3 is 24.9 Å². The molecule has 0 radical (unpaired) electrons. The highest BCUT2D eigenvalue weighted by molar-refractivity contribution is 7.56. The smallest absolute Gasteiger partial charge is 0.469 e. The number of hydrogen-bond donors (Lipinski definition) is 3. The molecular weight excluding hydrogens is 438 g/mol. The number of rotatable bonds is 5. The van der Waals surface area contributed by atoms with E-state index in [0.29, 0.717) is 16.3 Å². The minimum atomic E-state index is -4.81. The van der Waals surface area contributed by atoms with Crippen LogP contribution in [0.15, 0.2) is 39.3 Å². The summed E-state index contributed by atoms with van der Waals surface area (Å²) < 4.78 is 22.5. The number of allylic oxidation sites excluding steroid dienone is 4. The van der Waals surface area contributed by atoms with Gasteiger partial charge in [-0.25, -0.2) is 9.36 Å². The largest absolute Gasteiger partial charge is 0.626 e. The molecule has 1 aliphatic heterocycles. The Morgan fingerprint density at radius 2 is 2.20 bits per heavy atom. The van der Waals surface area contributed by atoms with E-state index in [1.807, 2.05) is 0 Å². The SMILES string of the molecule is Cc1cn([C@H]2CC(=[P+]([O-])C3=CCC(=[N+]=[N-])C=C3)[C@@H](COP(=O)(O)O)O2)c(=O)[nH]c1=O. The molecule has 1 aromatic heterocycles. The van der Waals surface area contributed by atoms with Crippen LogP contribution in [0.25, 0.3) is 5.53 Å². The Bertz CT molecular complexity index is 1170. The Morgan fingerprint density at radius 1 is 1.47 bits per heavy atom. The third-order valence-corrected chi connectivity index (χ3v) is 6.80. The highest BCUT2D eigenvalue weighted by atomic mass is 31.2. The molecule has 1 unspecified atom stereocenters. The van der Waals surface area contributed by atoms with Crippen LogP contribution in [0.3, 0.4) is 0 Å². The molecule has 0 aromatic carbocycles. The molecule has 160 valence electrons. The van der Waals surface area contributed by atoms with Gasteiger partial charge in [0.05, 0.1) is 27.2 Å². The fraction of sp³-hybridized carbons (Fsp3) is 0.375. The maximum atomic E-state index is 13.1. The van der Waals surface area contributed by atoms with Crippen LogP contribution in [0.4, 0.5) is 0 Å². The van der Waals surface area contributed by atoms with Crippen LogP contribution in [-0.4, -0.2) is 47.8 Å². The summed E-state index contributed by atoms with van der Waals surface area (Å²) in [5, 5.41) is 0.710. The van der Waals surface area contributed by atoms with Crippen LogP contribution in [0.2, 0.25) is 0 Å². The lowest BCUT2D eigenvalue weighted by Crippen LogP contribution is -2.33. The zero-order valence-corrected chi connectivity index (χ0v) is 17.5. The monoisotopic (exact) mass is 456 g/mol. The van der Waals surface area contributed by atoms with Gasteiger partial charge in [-0.1, -0.05) is 0 Å². The third-order valence-electron chi connectivity index (χ3n) is 4.52. The minimum Gasteiger partial charge on any atom is -0.626 e. The molecule has 0 saturated carbocycles. The van der Waals surface area contributed by atoms with Crippen molar-refractivity contribution in [1.82, 2.24) is 9.55 Å². The average Bonchev–Trinajstić information content (AvgIpc) is 3.12. The maximum absolute atomic E-state index is 13.1. The summed E-state index contributed by atoms with van der Waals surface area (Å²) in [4.78, 5) is 60.1. The van der Waals surface area contributed by atoms with Gasteiger partial charge in [0.25, 0.3) is 11.3 Å². The van der Waals surface area contributed by atoms with Crippen molar-refractivity contribution in [2.24, 2.45) is 0 Å². The number of aryl methyl sites for hydroxylation is 1. The third kappa shape index (κ3) is 5.07. The summed E-state index contributed by atoms with van der Waals surface area (Å²) in [6.45, 7) is 0.926. The van der Waals surface area contributed by atoms with Gasteiger partial charge in [-0.15, -0.1) is 0 Å². The van der Waals surface area contributed by atoms with E-state index in [0.717, 1.165) is 4.57 Å². The van der Waals surface area contributed by atoms with Crippen molar-refractivity contribution in [1.29, 1.82) is 0 Å². The number of H-pyrrole nitrogens is 1. The lowest BCUT2D eigenvalue weighted by atomic mass is 10.2. The Kier molecular flexibility index (Phi) is 6.62. The Balaban J connectivity index is 1.98. The molecule has 2 aliphatic rings. The van der Waals surface area contributed by atoms with Crippen LogP contribution >= 0.6 is 15.6 Å². The van der Waals surface area contributed by atoms with Crippen molar-refractivity contribution in [3.63, 3.8) is 0 Å². The van der Waals surface area contributed by atoms with Crippen LogP contribution in [0, 0.1) is 6.92 Å². The molecule has 0 amide bonds. The van der Waals surface area contributed by atoms with E-state index in [2.05, 4.69) is 14.3 Å². The second kappa shape index (κ2) is 8.85. The van der Waals surface area contributed by atoms with Crippen molar-refractivity contribution in [2.75, 3.05) is 6.61 Å². The molecule has 3 atom stereocenters. The van der Waals surface area contributed by atoms with E-state index in [-0.39, 0.29) is 18.4 Å². The van der Waals surface area contributed by atoms with Gasteiger partial charge in [-0.3, -0.25) is 18.9 Å². The van der Waals surface area contributed by atoms with Gasteiger partial charge in [0.1, 0.15) is 22.9 Å². The molecule has 3 rings (SSSR count). The molecule has 0 bridgehead atoms. The summed E-state index contributed by atoms with van der Waals surface area (Å²) in [6, 6.07) is 0. The van der Waals surface area contributed by atoms with Crippen molar-refractivity contribution in [2.45, 2.75) is 32.1 Å². The predicted octanol–water partition coefficient (Wildman–Crippen LogP) is -0.314. The predicted molar refractivity (Wildman–Crippen MR) is 105 cm³/mol. The van der Waals surface area contributed by atoms with Crippen molar-refractivity contribution in [3.8, 4) is 0 Å². The molecule has 12 nitrogen and oxygen atoms in total. The number of phosphoric ester groups is 1. The number of nitrogens with zero attached hydrogens (tertiary/aromatic N) is 3. The molecule has 14 heteroatoms. The summed E-state index contributed by atoms with van der Waals surface area (Å²) >= 11 is 0. The number of nitrogens with one attached hydrogen (secondary N) is 1. The Hall–Kier alpha value is -2.26. The van der Waals surface area contributed by atoms with E-state index in [4.69, 9.17) is 20.1 Å². The molecule has 1 saturated heterocycles. The number of phosphoric acid groups is 1. The Morgan fingerprint density at radius 3 is 2.80 bits per heavy atom. The Labute approximate surface area is 170 Å². The van der Waals surface area contributed by atoms with Gasteiger partial charge in [-0.05, 0) is 19.1 Å². The molecule has 3 N–H and O–H groups in total. The zero-order valence-electron chi connectivity index (χ0n) is 15.7. The minimum absolute atomic E-state index is 0.00189. The standard InChI is InChI=1S/C16H18N4O8P2/c1-9-7-20(16(22)18-15(9)21)14-6-13(12(28-14)8-27-30(24,25)26)29(23)11-4-2-10(19-17)3-5-11/h2,4-5,7,12,14H,3,6,8H2,1H3,(H,18,21,22)(H2,24,25,26)/t12-,14-/m1/s1. The van der Waals surface area contributed by atoms with Crippen molar-refractivity contribution in [3.05, 3.63) is 61.7 Å². The topological polar surface area (TPSA) is 190 Å².